The first-order chi connectivity index (χ1) is 8.22. The lowest BCUT2D eigenvalue weighted by Gasteiger charge is -2.19. The standard InChI is InChI=1S/C14H14FNS/c1-9-6-13-11(8-16-9)7-14(17-13)10-2-4-12(15)5-3-10/h2-5,7,9,16H,6,8H2,1H3. The minimum Gasteiger partial charge on any atom is -0.310 e. The number of benzene rings is 1. The van der Waals surface area contributed by atoms with E-state index in [2.05, 4.69) is 18.3 Å². The molecule has 0 bridgehead atoms. The average Bonchev–Trinajstić information content (AvgIpc) is 2.72. The van der Waals surface area contributed by atoms with Gasteiger partial charge < -0.3 is 5.32 Å². The third kappa shape index (κ3) is 2.13. The molecule has 0 radical (unpaired) electrons. The fourth-order valence-electron chi connectivity index (χ4n) is 2.18. The molecule has 2 heterocycles. The highest BCUT2D eigenvalue weighted by atomic mass is 32.1. The SMILES string of the molecule is CC1Cc2sc(-c3ccc(F)cc3)cc2CN1. The van der Waals surface area contributed by atoms with Crippen molar-refractivity contribution in [2.24, 2.45) is 0 Å². The molecule has 0 spiro atoms. The van der Waals surface area contributed by atoms with Gasteiger partial charge in [-0.15, -0.1) is 11.3 Å². The van der Waals surface area contributed by atoms with Gasteiger partial charge >= 0.3 is 0 Å². The summed E-state index contributed by atoms with van der Waals surface area (Å²) in [5.74, 6) is -0.176. The Kier molecular flexibility index (Phi) is 2.73. The summed E-state index contributed by atoms with van der Waals surface area (Å²) in [6.07, 6.45) is 1.10. The van der Waals surface area contributed by atoms with Crippen molar-refractivity contribution >= 4 is 11.3 Å². The summed E-state index contributed by atoms with van der Waals surface area (Å²) in [7, 11) is 0. The van der Waals surface area contributed by atoms with Gasteiger partial charge in [0.15, 0.2) is 0 Å². The van der Waals surface area contributed by atoms with Crippen LogP contribution in [0.15, 0.2) is 30.3 Å². The van der Waals surface area contributed by atoms with Gasteiger partial charge in [-0.25, -0.2) is 4.39 Å². The number of rotatable bonds is 1. The Morgan fingerprint density at radius 3 is 2.82 bits per heavy atom. The van der Waals surface area contributed by atoms with Crippen LogP contribution in [-0.2, 0) is 13.0 Å². The van der Waals surface area contributed by atoms with Crippen molar-refractivity contribution in [3.05, 3.63) is 46.6 Å². The molecule has 0 saturated carbocycles. The quantitative estimate of drug-likeness (QED) is 0.812. The number of fused-ring (bicyclic) bond motifs is 1. The lowest BCUT2D eigenvalue weighted by Crippen LogP contribution is -2.31. The van der Waals surface area contributed by atoms with Crippen LogP contribution in [0.5, 0.6) is 0 Å². The maximum atomic E-state index is 12.9. The van der Waals surface area contributed by atoms with Crippen LogP contribution in [0.4, 0.5) is 4.39 Å². The molecular weight excluding hydrogens is 233 g/mol. The fourth-order valence-corrected chi connectivity index (χ4v) is 3.50. The Balaban J connectivity index is 1.97. The van der Waals surface area contributed by atoms with Crippen molar-refractivity contribution < 1.29 is 4.39 Å². The maximum Gasteiger partial charge on any atom is 0.123 e. The molecule has 0 aliphatic carbocycles. The Morgan fingerprint density at radius 2 is 2.06 bits per heavy atom. The summed E-state index contributed by atoms with van der Waals surface area (Å²) in [6.45, 7) is 3.16. The van der Waals surface area contributed by atoms with Crippen LogP contribution < -0.4 is 5.32 Å². The molecule has 1 unspecified atom stereocenters. The van der Waals surface area contributed by atoms with E-state index in [-0.39, 0.29) is 5.82 Å². The van der Waals surface area contributed by atoms with E-state index in [1.165, 1.54) is 27.5 Å². The lowest BCUT2D eigenvalue weighted by molar-refractivity contribution is 0.520. The molecule has 1 aromatic carbocycles. The Bertz CT molecular complexity index is 530. The molecule has 1 aromatic heterocycles. The van der Waals surface area contributed by atoms with Gasteiger partial charge in [-0.1, -0.05) is 12.1 Å². The summed E-state index contributed by atoms with van der Waals surface area (Å²) in [4.78, 5) is 2.71. The highest BCUT2D eigenvalue weighted by Gasteiger charge is 2.17. The highest BCUT2D eigenvalue weighted by Crippen LogP contribution is 2.34. The van der Waals surface area contributed by atoms with Gasteiger partial charge in [-0.2, -0.15) is 0 Å². The highest BCUT2D eigenvalue weighted by molar-refractivity contribution is 7.15. The Hall–Kier alpha value is -1.19. The molecule has 1 N–H and O–H groups in total. The smallest absolute Gasteiger partial charge is 0.123 e. The molecule has 2 aromatic rings. The summed E-state index contributed by atoms with van der Waals surface area (Å²) in [5.41, 5.74) is 2.51. The number of thiophene rings is 1. The molecule has 88 valence electrons. The zero-order chi connectivity index (χ0) is 11.8. The van der Waals surface area contributed by atoms with Crippen LogP contribution in [0, 0.1) is 5.82 Å². The van der Waals surface area contributed by atoms with E-state index in [1.54, 1.807) is 0 Å². The zero-order valence-corrected chi connectivity index (χ0v) is 10.5. The molecule has 0 amide bonds. The van der Waals surface area contributed by atoms with Crippen molar-refractivity contribution in [1.29, 1.82) is 0 Å². The molecule has 17 heavy (non-hydrogen) atoms. The predicted molar refractivity (Wildman–Crippen MR) is 69.7 cm³/mol. The first-order valence-corrected chi connectivity index (χ1v) is 6.65. The summed E-state index contributed by atoms with van der Waals surface area (Å²) in [6, 6.07) is 9.53. The van der Waals surface area contributed by atoms with Gasteiger partial charge in [0, 0.05) is 22.3 Å². The Labute approximate surface area is 104 Å². The van der Waals surface area contributed by atoms with Gasteiger partial charge in [0.2, 0.25) is 0 Å². The van der Waals surface area contributed by atoms with Crippen LogP contribution >= 0.6 is 11.3 Å². The molecule has 3 heteroatoms. The van der Waals surface area contributed by atoms with Crippen molar-refractivity contribution in [2.45, 2.75) is 25.9 Å². The van der Waals surface area contributed by atoms with Crippen LogP contribution in [0.1, 0.15) is 17.4 Å². The normalized spacial score (nSPS) is 19.1. The second kappa shape index (κ2) is 4.24. The third-order valence-corrected chi connectivity index (χ3v) is 4.41. The van der Waals surface area contributed by atoms with E-state index in [0.717, 1.165) is 18.5 Å². The molecule has 3 rings (SSSR count). The first kappa shape index (κ1) is 10.9. The number of hydrogen-bond acceptors (Lipinski definition) is 2. The summed E-state index contributed by atoms with van der Waals surface area (Å²) >= 11 is 1.84. The minimum absolute atomic E-state index is 0.176. The molecule has 1 nitrogen and oxygen atoms in total. The van der Waals surface area contributed by atoms with Gasteiger partial charge in [-0.05, 0) is 42.7 Å². The largest absolute Gasteiger partial charge is 0.310 e. The topological polar surface area (TPSA) is 12.0 Å². The summed E-state index contributed by atoms with van der Waals surface area (Å²) < 4.78 is 12.9. The molecule has 1 aliphatic heterocycles. The molecule has 0 fully saturated rings. The van der Waals surface area contributed by atoms with E-state index >= 15 is 0 Å². The van der Waals surface area contributed by atoms with E-state index in [4.69, 9.17) is 0 Å². The summed E-state index contributed by atoms with van der Waals surface area (Å²) in [5, 5.41) is 3.46. The Morgan fingerprint density at radius 1 is 1.29 bits per heavy atom. The van der Waals surface area contributed by atoms with Crippen LogP contribution in [0.2, 0.25) is 0 Å². The van der Waals surface area contributed by atoms with Crippen molar-refractivity contribution in [2.75, 3.05) is 0 Å². The molecule has 1 aliphatic rings. The lowest BCUT2D eigenvalue weighted by atomic mass is 10.0. The first-order valence-electron chi connectivity index (χ1n) is 5.83. The zero-order valence-electron chi connectivity index (χ0n) is 9.66. The van der Waals surface area contributed by atoms with Crippen molar-refractivity contribution in [3.63, 3.8) is 0 Å². The van der Waals surface area contributed by atoms with Gasteiger partial charge in [0.05, 0.1) is 0 Å². The predicted octanol–water partition coefficient (Wildman–Crippen LogP) is 3.59. The van der Waals surface area contributed by atoms with E-state index in [9.17, 15) is 4.39 Å². The van der Waals surface area contributed by atoms with Crippen LogP contribution in [0.25, 0.3) is 10.4 Å². The molecule has 0 saturated heterocycles. The van der Waals surface area contributed by atoms with Crippen LogP contribution in [-0.4, -0.2) is 6.04 Å². The van der Waals surface area contributed by atoms with Gasteiger partial charge in [0.1, 0.15) is 5.82 Å². The second-order valence-corrected chi connectivity index (χ2v) is 5.69. The molecule has 1 atom stereocenters. The van der Waals surface area contributed by atoms with Gasteiger partial charge in [0.25, 0.3) is 0 Å². The maximum absolute atomic E-state index is 12.9. The van der Waals surface area contributed by atoms with E-state index in [1.807, 2.05) is 23.5 Å². The minimum atomic E-state index is -0.176. The van der Waals surface area contributed by atoms with Crippen molar-refractivity contribution in [3.8, 4) is 10.4 Å². The molecular formula is C14H14FNS. The average molecular weight is 247 g/mol. The van der Waals surface area contributed by atoms with Crippen molar-refractivity contribution in [1.82, 2.24) is 5.32 Å². The number of halogens is 1. The van der Waals surface area contributed by atoms with Gasteiger partial charge in [-0.3, -0.25) is 0 Å². The number of nitrogens with one attached hydrogen (secondary N) is 1. The monoisotopic (exact) mass is 247 g/mol. The second-order valence-electron chi connectivity index (χ2n) is 4.55. The third-order valence-electron chi connectivity index (χ3n) is 3.16. The number of hydrogen-bond donors (Lipinski definition) is 1. The van der Waals surface area contributed by atoms with Crippen LogP contribution in [0.3, 0.4) is 0 Å². The van der Waals surface area contributed by atoms with E-state index < -0.39 is 0 Å². The van der Waals surface area contributed by atoms with E-state index in [0.29, 0.717) is 6.04 Å². The fraction of sp³-hybridized carbons (Fsp3) is 0.286.